The highest BCUT2D eigenvalue weighted by molar-refractivity contribution is 7.95. The molecule has 0 N–H and O–H groups in total. The maximum absolute atomic E-state index is 13.4. The van der Waals surface area contributed by atoms with Crippen molar-refractivity contribution in [2.75, 3.05) is 0 Å². The van der Waals surface area contributed by atoms with Gasteiger partial charge in [0.25, 0.3) is 0 Å². The molecule has 4 rings (SSSR count). The van der Waals surface area contributed by atoms with E-state index in [1.807, 2.05) is 44.2 Å². The standard InChI is InChI=1S/C22H23ClO4S/c1-14-19-15(2)21(28(24,25)18-11-9-17(23)10-12-18)22(3,27-19)20(14)26-13-16-7-5-4-6-8-16/h4-12,14,19-20H,13H2,1-3H3/t14-,19+,20+,22-/m1/s1. The Morgan fingerprint density at radius 1 is 1.11 bits per heavy atom. The molecule has 0 radical (unpaired) electrons. The van der Waals surface area contributed by atoms with E-state index in [1.165, 1.54) is 12.1 Å². The van der Waals surface area contributed by atoms with Gasteiger partial charge in [-0.3, -0.25) is 0 Å². The van der Waals surface area contributed by atoms with Crippen LogP contribution in [0.5, 0.6) is 0 Å². The average Bonchev–Trinajstić information content (AvgIpc) is 3.08. The number of halogens is 1. The van der Waals surface area contributed by atoms with Crippen molar-refractivity contribution >= 4 is 21.4 Å². The third-order valence-electron chi connectivity index (χ3n) is 5.77. The van der Waals surface area contributed by atoms with Gasteiger partial charge in [0.15, 0.2) is 0 Å². The lowest BCUT2D eigenvalue weighted by atomic mass is 9.81. The molecule has 1 fully saturated rings. The first-order valence-corrected chi connectivity index (χ1v) is 11.2. The van der Waals surface area contributed by atoms with Gasteiger partial charge in [-0.05, 0) is 49.2 Å². The summed E-state index contributed by atoms with van der Waals surface area (Å²) in [5.74, 6) is 0.0675. The number of fused-ring (bicyclic) bond motifs is 2. The highest BCUT2D eigenvalue weighted by atomic mass is 35.5. The number of sulfone groups is 1. The predicted octanol–water partition coefficient (Wildman–Crippen LogP) is 4.78. The van der Waals surface area contributed by atoms with Crippen LogP contribution in [0.4, 0.5) is 0 Å². The molecular weight excluding hydrogens is 396 g/mol. The quantitative estimate of drug-likeness (QED) is 0.701. The van der Waals surface area contributed by atoms with E-state index in [9.17, 15) is 8.42 Å². The Kier molecular flexibility index (Phi) is 4.91. The number of hydrogen-bond acceptors (Lipinski definition) is 4. The van der Waals surface area contributed by atoms with Gasteiger partial charge in [0.1, 0.15) is 5.60 Å². The van der Waals surface area contributed by atoms with E-state index < -0.39 is 15.4 Å². The van der Waals surface area contributed by atoms with Gasteiger partial charge in [-0.15, -0.1) is 0 Å². The van der Waals surface area contributed by atoms with Crippen LogP contribution < -0.4 is 0 Å². The van der Waals surface area contributed by atoms with Crippen molar-refractivity contribution in [1.29, 1.82) is 0 Å². The molecule has 1 saturated heterocycles. The van der Waals surface area contributed by atoms with Gasteiger partial charge in [0.05, 0.1) is 28.6 Å². The number of benzene rings is 2. The second kappa shape index (κ2) is 6.99. The summed E-state index contributed by atoms with van der Waals surface area (Å²) < 4.78 is 39.3. The Balaban J connectivity index is 1.69. The zero-order valence-corrected chi connectivity index (χ0v) is 17.6. The molecule has 2 heterocycles. The van der Waals surface area contributed by atoms with Gasteiger partial charge < -0.3 is 9.47 Å². The molecule has 2 aliphatic rings. The van der Waals surface area contributed by atoms with Gasteiger partial charge in [-0.1, -0.05) is 48.9 Å². The van der Waals surface area contributed by atoms with Crippen molar-refractivity contribution in [3.63, 3.8) is 0 Å². The molecule has 148 valence electrons. The van der Waals surface area contributed by atoms with Crippen LogP contribution in [-0.4, -0.2) is 26.2 Å². The first-order chi connectivity index (χ1) is 13.2. The van der Waals surface area contributed by atoms with Crippen LogP contribution in [0, 0.1) is 5.92 Å². The van der Waals surface area contributed by atoms with Crippen molar-refractivity contribution in [2.45, 2.75) is 50.1 Å². The predicted molar refractivity (Wildman–Crippen MR) is 109 cm³/mol. The number of ether oxygens (including phenoxy) is 2. The van der Waals surface area contributed by atoms with Crippen LogP contribution in [0.2, 0.25) is 5.02 Å². The largest absolute Gasteiger partial charge is 0.370 e. The SMILES string of the molecule is CC1=C(S(=O)(=O)c2ccc(Cl)cc2)[C@]2(C)O[C@H]1[C@@H](C)[C@@H]2OCc1ccccc1. The molecule has 2 aromatic carbocycles. The van der Waals surface area contributed by atoms with E-state index in [0.717, 1.165) is 11.1 Å². The third-order valence-corrected chi connectivity index (χ3v) is 8.18. The summed E-state index contributed by atoms with van der Waals surface area (Å²) >= 11 is 5.93. The monoisotopic (exact) mass is 418 g/mol. The summed E-state index contributed by atoms with van der Waals surface area (Å²) in [4.78, 5) is 0.543. The Bertz CT molecular complexity index is 1010. The molecule has 2 aromatic rings. The molecule has 0 unspecified atom stereocenters. The van der Waals surface area contributed by atoms with Gasteiger partial charge >= 0.3 is 0 Å². The topological polar surface area (TPSA) is 52.6 Å². The molecule has 2 aliphatic heterocycles. The zero-order chi connectivity index (χ0) is 20.1. The molecule has 4 atom stereocenters. The summed E-state index contributed by atoms with van der Waals surface area (Å²) in [6.07, 6.45) is -0.610. The lowest BCUT2D eigenvalue weighted by Gasteiger charge is -2.34. The second-order valence-electron chi connectivity index (χ2n) is 7.69. The number of rotatable bonds is 5. The molecule has 28 heavy (non-hydrogen) atoms. The molecule has 0 aliphatic carbocycles. The Hall–Kier alpha value is -1.66. The minimum Gasteiger partial charge on any atom is -0.370 e. The fraction of sp³-hybridized carbons (Fsp3) is 0.364. The summed E-state index contributed by atoms with van der Waals surface area (Å²) in [5.41, 5.74) is 0.801. The van der Waals surface area contributed by atoms with Crippen LogP contribution in [0.15, 0.2) is 70.0 Å². The lowest BCUT2D eigenvalue weighted by Crippen LogP contribution is -2.45. The molecule has 0 spiro atoms. The van der Waals surface area contributed by atoms with Gasteiger partial charge in [-0.2, -0.15) is 0 Å². The summed E-state index contributed by atoms with van der Waals surface area (Å²) in [7, 11) is -3.72. The Morgan fingerprint density at radius 3 is 2.36 bits per heavy atom. The Morgan fingerprint density at radius 2 is 1.75 bits per heavy atom. The molecule has 4 nitrogen and oxygen atoms in total. The summed E-state index contributed by atoms with van der Waals surface area (Å²) in [6, 6.07) is 16.1. The highest BCUT2D eigenvalue weighted by Gasteiger charge is 2.62. The second-order valence-corrected chi connectivity index (χ2v) is 10.0. The van der Waals surface area contributed by atoms with Crippen LogP contribution in [0.1, 0.15) is 26.3 Å². The first kappa shape index (κ1) is 19.6. The van der Waals surface area contributed by atoms with E-state index in [0.29, 0.717) is 16.5 Å². The van der Waals surface area contributed by atoms with Crippen molar-refractivity contribution in [2.24, 2.45) is 5.92 Å². The fourth-order valence-corrected chi connectivity index (χ4v) is 6.66. The smallest absolute Gasteiger partial charge is 0.205 e. The van der Waals surface area contributed by atoms with E-state index in [-0.39, 0.29) is 23.0 Å². The normalized spacial score (nSPS) is 29.5. The fourth-order valence-electron chi connectivity index (χ4n) is 4.57. The lowest BCUT2D eigenvalue weighted by molar-refractivity contribution is -0.0589. The first-order valence-electron chi connectivity index (χ1n) is 9.30. The van der Waals surface area contributed by atoms with Gasteiger partial charge in [0, 0.05) is 10.9 Å². The molecule has 6 heteroatoms. The van der Waals surface area contributed by atoms with Crippen molar-refractivity contribution < 1.29 is 17.9 Å². The molecule has 0 aromatic heterocycles. The van der Waals surface area contributed by atoms with Gasteiger partial charge in [0.2, 0.25) is 9.84 Å². The van der Waals surface area contributed by atoms with Crippen molar-refractivity contribution in [3.05, 3.63) is 75.7 Å². The maximum Gasteiger partial charge on any atom is 0.205 e. The molecule has 0 saturated carbocycles. The van der Waals surface area contributed by atoms with E-state index in [1.54, 1.807) is 12.1 Å². The number of hydrogen-bond donors (Lipinski definition) is 0. The summed E-state index contributed by atoms with van der Waals surface area (Å²) in [5, 5.41) is 0.498. The Labute approximate surface area is 171 Å². The highest BCUT2D eigenvalue weighted by Crippen LogP contribution is 2.54. The minimum atomic E-state index is -3.72. The third kappa shape index (κ3) is 3.01. The van der Waals surface area contributed by atoms with Crippen molar-refractivity contribution in [3.8, 4) is 0 Å². The maximum atomic E-state index is 13.4. The molecule has 0 amide bonds. The summed E-state index contributed by atoms with van der Waals surface area (Å²) in [6.45, 7) is 6.15. The van der Waals surface area contributed by atoms with E-state index in [2.05, 4.69) is 6.92 Å². The average molecular weight is 419 g/mol. The van der Waals surface area contributed by atoms with Crippen LogP contribution in [0.3, 0.4) is 0 Å². The van der Waals surface area contributed by atoms with Crippen LogP contribution in [-0.2, 0) is 25.9 Å². The minimum absolute atomic E-state index is 0.0675. The van der Waals surface area contributed by atoms with Crippen LogP contribution >= 0.6 is 11.6 Å². The van der Waals surface area contributed by atoms with Gasteiger partial charge in [-0.25, -0.2) is 8.42 Å². The molecule has 2 bridgehead atoms. The zero-order valence-electron chi connectivity index (χ0n) is 16.1. The van der Waals surface area contributed by atoms with E-state index >= 15 is 0 Å². The van der Waals surface area contributed by atoms with E-state index in [4.69, 9.17) is 21.1 Å². The molecular formula is C22H23ClO4S. The van der Waals surface area contributed by atoms with Crippen LogP contribution in [0.25, 0.3) is 0 Å². The van der Waals surface area contributed by atoms with Crippen molar-refractivity contribution in [1.82, 2.24) is 0 Å².